The smallest absolute Gasteiger partial charge is 0.321 e. The standard InChI is InChI=1S/C23H28ClN3O3/c1-16-5-7-17(8-6-16)14-25-21(28)23(2)11-4-12-27(15-23)22(29)26-19-13-18(24)9-10-20(19)30-3/h5-10,13H,4,11-12,14-15H2,1-3H3,(H,25,28)(H,26,29)/t23-/m1/s1. The van der Waals surface area contributed by atoms with E-state index in [2.05, 4.69) is 10.6 Å². The Morgan fingerprint density at radius 1 is 1.20 bits per heavy atom. The normalized spacial score (nSPS) is 18.6. The molecule has 1 aliphatic rings. The highest BCUT2D eigenvalue weighted by molar-refractivity contribution is 6.31. The Bertz CT molecular complexity index is 916. The number of halogens is 1. The highest BCUT2D eigenvalue weighted by Gasteiger charge is 2.39. The molecule has 2 aromatic carbocycles. The van der Waals surface area contributed by atoms with Crippen LogP contribution in [-0.4, -0.2) is 37.0 Å². The molecule has 0 bridgehead atoms. The topological polar surface area (TPSA) is 70.7 Å². The van der Waals surface area contributed by atoms with Gasteiger partial charge in [0.1, 0.15) is 5.75 Å². The predicted molar refractivity (Wildman–Crippen MR) is 119 cm³/mol. The molecule has 1 aliphatic heterocycles. The van der Waals surface area contributed by atoms with Gasteiger partial charge in [0.2, 0.25) is 5.91 Å². The van der Waals surface area contributed by atoms with Gasteiger partial charge in [0.05, 0.1) is 18.2 Å². The summed E-state index contributed by atoms with van der Waals surface area (Å²) in [5, 5.41) is 6.39. The fraction of sp³-hybridized carbons (Fsp3) is 0.391. The molecule has 3 rings (SSSR count). The molecular formula is C23H28ClN3O3. The molecule has 1 fully saturated rings. The van der Waals surface area contributed by atoms with Crippen LogP contribution >= 0.6 is 11.6 Å². The van der Waals surface area contributed by atoms with Gasteiger partial charge < -0.3 is 20.3 Å². The van der Waals surface area contributed by atoms with Gasteiger partial charge >= 0.3 is 6.03 Å². The van der Waals surface area contributed by atoms with Crippen LogP contribution in [0.1, 0.15) is 30.9 Å². The molecule has 30 heavy (non-hydrogen) atoms. The number of carbonyl (C=O) groups excluding carboxylic acids is 2. The van der Waals surface area contributed by atoms with Crippen molar-refractivity contribution in [3.05, 3.63) is 58.6 Å². The van der Waals surface area contributed by atoms with E-state index >= 15 is 0 Å². The van der Waals surface area contributed by atoms with E-state index in [-0.39, 0.29) is 11.9 Å². The fourth-order valence-electron chi connectivity index (χ4n) is 3.67. The summed E-state index contributed by atoms with van der Waals surface area (Å²) in [4.78, 5) is 27.5. The Kier molecular flexibility index (Phi) is 6.87. The number of ether oxygens (including phenoxy) is 1. The number of nitrogens with one attached hydrogen (secondary N) is 2. The van der Waals surface area contributed by atoms with Crippen molar-refractivity contribution in [3.8, 4) is 5.75 Å². The summed E-state index contributed by atoms with van der Waals surface area (Å²) in [6.07, 6.45) is 1.49. The lowest BCUT2D eigenvalue weighted by atomic mass is 9.81. The minimum absolute atomic E-state index is 0.0408. The first-order chi connectivity index (χ1) is 14.3. The van der Waals surface area contributed by atoms with Gasteiger partial charge in [-0.3, -0.25) is 4.79 Å². The molecule has 2 aromatic rings. The predicted octanol–water partition coefficient (Wildman–Crippen LogP) is 4.61. The van der Waals surface area contributed by atoms with Crippen molar-refractivity contribution in [2.45, 2.75) is 33.2 Å². The second-order valence-corrected chi connectivity index (χ2v) is 8.47. The van der Waals surface area contributed by atoms with Crippen LogP contribution in [0.4, 0.5) is 10.5 Å². The van der Waals surface area contributed by atoms with Crippen molar-refractivity contribution >= 4 is 29.2 Å². The highest BCUT2D eigenvalue weighted by Crippen LogP contribution is 2.32. The zero-order chi connectivity index (χ0) is 21.7. The number of aryl methyl sites for hydroxylation is 1. The average molecular weight is 430 g/mol. The molecular weight excluding hydrogens is 402 g/mol. The molecule has 0 aromatic heterocycles. The third-order valence-electron chi connectivity index (χ3n) is 5.51. The second kappa shape index (κ2) is 9.39. The average Bonchev–Trinajstić information content (AvgIpc) is 2.73. The number of carbonyl (C=O) groups is 2. The number of piperidine rings is 1. The van der Waals surface area contributed by atoms with Gasteiger partial charge in [-0.1, -0.05) is 41.4 Å². The van der Waals surface area contributed by atoms with Gasteiger partial charge in [0, 0.05) is 24.7 Å². The number of hydrogen-bond donors (Lipinski definition) is 2. The van der Waals surface area contributed by atoms with Crippen molar-refractivity contribution < 1.29 is 14.3 Å². The van der Waals surface area contributed by atoms with Crippen LogP contribution in [0.3, 0.4) is 0 Å². The number of nitrogens with zero attached hydrogens (tertiary/aromatic N) is 1. The molecule has 3 amide bonds. The minimum atomic E-state index is -0.640. The molecule has 1 heterocycles. The lowest BCUT2D eigenvalue weighted by Crippen LogP contribution is -2.52. The number of anilines is 1. The van der Waals surface area contributed by atoms with Gasteiger partial charge in [-0.15, -0.1) is 0 Å². The summed E-state index contributed by atoms with van der Waals surface area (Å²) in [5.41, 5.74) is 2.10. The molecule has 160 valence electrons. The van der Waals surface area contributed by atoms with E-state index in [9.17, 15) is 9.59 Å². The van der Waals surface area contributed by atoms with Crippen LogP contribution in [0.25, 0.3) is 0 Å². The van der Waals surface area contributed by atoms with Crippen molar-refractivity contribution in [2.75, 3.05) is 25.5 Å². The summed E-state index contributed by atoms with van der Waals surface area (Å²) in [5.74, 6) is 0.490. The summed E-state index contributed by atoms with van der Waals surface area (Å²) in [6.45, 7) is 5.36. The van der Waals surface area contributed by atoms with Crippen LogP contribution in [0.15, 0.2) is 42.5 Å². The van der Waals surface area contributed by atoms with E-state index in [1.807, 2.05) is 38.1 Å². The number of likely N-dealkylation sites (tertiary alicyclic amines) is 1. The quantitative estimate of drug-likeness (QED) is 0.729. The van der Waals surface area contributed by atoms with Crippen LogP contribution in [0, 0.1) is 12.3 Å². The van der Waals surface area contributed by atoms with E-state index < -0.39 is 5.41 Å². The first-order valence-corrected chi connectivity index (χ1v) is 10.4. The second-order valence-electron chi connectivity index (χ2n) is 8.03. The lowest BCUT2D eigenvalue weighted by Gasteiger charge is -2.39. The number of hydrogen-bond acceptors (Lipinski definition) is 3. The molecule has 7 heteroatoms. The lowest BCUT2D eigenvalue weighted by molar-refractivity contribution is -0.132. The Morgan fingerprint density at radius 2 is 1.93 bits per heavy atom. The maximum Gasteiger partial charge on any atom is 0.321 e. The molecule has 0 aliphatic carbocycles. The summed E-state index contributed by atoms with van der Waals surface area (Å²) < 4.78 is 5.29. The largest absolute Gasteiger partial charge is 0.495 e. The molecule has 6 nitrogen and oxygen atoms in total. The molecule has 0 spiro atoms. The van der Waals surface area contributed by atoms with Crippen molar-refractivity contribution in [1.29, 1.82) is 0 Å². The van der Waals surface area contributed by atoms with E-state index in [0.717, 1.165) is 18.4 Å². The molecule has 2 N–H and O–H groups in total. The first-order valence-electron chi connectivity index (χ1n) is 10.0. The zero-order valence-electron chi connectivity index (χ0n) is 17.6. The van der Waals surface area contributed by atoms with Gasteiger partial charge in [0.15, 0.2) is 0 Å². The number of urea groups is 1. The summed E-state index contributed by atoms with van der Waals surface area (Å²) >= 11 is 6.05. The van der Waals surface area contributed by atoms with E-state index in [1.54, 1.807) is 23.1 Å². The van der Waals surface area contributed by atoms with Gasteiger partial charge in [0.25, 0.3) is 0 Å². The third kappa shape index (κ3) is 5.25. The molecule has 1 saturated heterocycles. The van der Waals surface area contributed by atoms with Crippen LogP contribution in [0.5, 0.6) is 5.75 Å². The number of rotatable bonds is 5. The third-order valence-corrected chi connectivity index (χ3v) is 5.74. The van der Waals surface area contributed by atoms with E-state index in [4.69, 9.17) is 16.3 Å². The Hall–Kier alpha value is -2.73. The van der Waals surface area contributed by atoms with Gasteiger partial charge in [-0.05, 0) is 50.5 Å². The monoisotopic (exact) mass is 429 g/mol. The van der Waals surface area contributed by atoms with Gasteiger partial charge in [-0.2, -0.15) is 0 Å². The van der Waals surface area contributed by atoms with Gasteiger partial charge in [-0.25, -0.2) is 4.79 Å². The SMILES string of the molecule is COc1ccc(Cl)cc1NC(=O)N1CCC[C@@](C)(C(=O)NCc2ccc(C)cc2)C1. The molecule has 1 atom stereocenters. The maximum atomic E-state index is 12.9. The Morgan fingerprint density at radius 3 is 2.63 bits per heavy atom. The van der Waals surface area contributed by atoms with Crippen LogP contribution in [0.2, 0.25) is 5.02 Å². The Balaban J connectivity index is 1.63. The highest BCUT2D eigenvalue weighted by atomic mass is 35.5. The summed E-state index contributed by atoms with van der Waals surface area (Å²) in [7, 11) is 1.54. The van der Waals surface area contributed by atoms with E-state index in [0.29, 0.717) is 36.1 Å². The van der Waals surface area contributed by atoms with Crippen molar-refractivity contribution in [2.24, 2.45) is 5.41 Å². The molecule has 0 unspecified atom stereocenters. The number of amides is 3. The molecule has 0 radical (unpaired) electrons. The number of benzene rings is 2. The Labute approximate surface area is 182 Å². The fourth-order valence-corrected chi connectivity index (χ4v) is 3.84. The summed E-state index contributed by atoms with van der Waals surface area (Å²) in [6, 6.07) is 12.9. The van der Waals surface area contributed by atoms with Crippen LogP contribution < -0.4 is 15.4 Å². The van der Waals surface area contributed by atoms with Crippen molar-refractivity contribution in [3.63, 3.8) is 0 Å². The zero-order valence-corrected chi connectivity index (χ0v) is 18.4. The van der Waals surface area contributed by atoms with E-state index in [1.165, 1.54) is 12.7 Å². The maximum absolute atomic E-state index is 12.9. The first kappa shape index (κ1) is 22.0. The minimum Gasteiger partial charge on any atom is -0.495 e. The molecule has 0 saturated carbocycles. The number of methoxy groups -OCH3 is 1. The van der Waals surface area contributed by atoms with Crippen LogP contribution in [-0.2, 0) is 11.3 Å². The van der Waals surface area contributed by atoms with Crippen molar-refractivity contribution in [1.82, 2.24) is 10.2 Å².